The Morgan fingerprint density at radius 1 is 1.27 bits per heavy atom. The van der Waals surface area contributed by atoms with Gasteiger partial charge < -0.3 is 14.9 Å². The first-order chi connectivity index (χ1) is 6.51. The van der Waals surface area contributed by atoms with Gasteiger partial charge in [0.2, 0.25) is 0 Å². The summed E-state index contributed by atoms with van der Waals surface area (Å²) in [6, 6.07) is 0. The second kappa shape index (κ2) is 4.94. The van der Waals surface area contributed by atoms with Crippen LogP contribution >= 0.6 is 0 Å². The van der Waals surface area contributed by atoms with Gasteiger partial charge in [0.1, 0.15) is 5.60 Å². The Balaban J connectivity index is 4.01. The molecule has 0 aliphatic rings. The summed E-state index contributed by atoms with van der Waals surface area (Å²) in [6.07, 6.45) is -0.595. The van der Waals surface area contributed by atoms with Gasteiger partial charge in [-0.1, -0.05) is 0 Å². The van der Waals surface area contributed by atoms with Crippen LogP contribution in [0.25, 0.3) is 0 Å². The van der Waals surface area contributed by atoms with Gasteiger partial charge in [-0.15, -0.1) is 0 Å². The van der Waals surface area contributed by atoms with Crippen molar-refractivity contribution in [3.63, 3.8) is 0 Å². The molecule has 1 atom stereocenters. The Hall–Kier alpha value is -0.610. The highest BCUT2D eigenvalue weighted by atomic mass is 16.6. The fourth-order valence-electron chi connectivity index (χ4n) is 0.978. The Labute approximate surface area is 91.3 Å². The molecule has 0 saturated heterocycles. The third-order valence-electron chi connectivity index (χ3n) is 1.71. The van der Waals surface area contributed by atoms with Crippen molar-refractivity contribution in [3.05, 3.63) is 0 Å². The Kier molecular flexibility index (Phi) is 4.74. The van der Waals surface area contributed by atoms with Gasteiger partial charge in [0, 0.05) is 0 Å². The number of ether oxygens (including phenoxy) is 1. The molecule has 0 saturated carbocycles. The smallest absolute Gasteiger partial charge is 0.335 e. The topological polar surface area (TPSA) is 66.8 Å². The van der Waals surface area contributed by atoms with Crippen LogP contribution in [0.3, 0.4) is 0 Å². The number of carbonyl (C=O) groups excluding carboxylic acids is 1. The normalized spacial score (nSPS) is 14.9. The average Bonchev–Trinajstić information content (AvgIpc) is 1.95. The van der Waals surface area contributed by atoms with E-state index in [1.54, 1.807) is 34.6 Å². The van der Waals surface area contributed by atoms with Crippen LogP contribution in [0.1, 0.15) is 47.5 Å². The van der Waals surface area contributed by atoms with Gasteiger partial charge in [-0.05, 0) is 47.5 Å². The molecule has 15 heavy (non-hydrogen) atoms. The van der Waals surface area contributed by atoms with Crippen molar-refractivity contribution in [1.82, 2.24) is 0 Å². The molecule has 0 unspecified atom stereocenters. The quantitative estimate of drug-likeness (QED) is 0.697. The van der Waals surface area contributed by atoms with E-state index in [9.17, 15) is 15.0 Å². The molecule has 4 nitrogen and oxygen atoms in total. The van der Waals surface area contributed by atoms with E-state index in [2.05, 4.69) is 0 Å². The first-order valence-corrected chi connectivity index (χ1v) is 5.14. The van der Waals surface area contributed by atoms with Crippen molar-refractivity contribution in [2.24, 2.45) is 0 Å². The lowest BCUT2D eigenvalue weighted by atomic mass is 10.0. The summed E-state index contributed by atoms with van der Waals surface area (Å²) in [5.41, 5.74) is -1.46. The maximum Gasteiger partial charge on any atom is 0.335 e. The summed E-state index contributed by atoms with van der Waals surface area (Å²) < 4.78 is 4.99. The molecule has 0 aromatic carbocycles. The molecule has 0 rings (SSSR count). The molecular formula is C11H22O4. The SMILES string of the molecule is CC(C)(O)CC[C@H](O)C(=O)OC(C)(C)C. The molecule has 0 aromatic rings. The highest BCUT2D eigenvalue weighted by molar-refractivity contribution is 5.74. The second-order valence-corrected chi connectivity index (χ2v) is 5.40. The lowest BCUT2D eigenvalue weighted by Gasteiger charge is -2.23. The third-order valence-corrected chi connectivity index (χ3v) is 1.71. The summed E-state index contributed by atoms with van der Waals surface area (Å²) in [7, 11) is 0. The van der Waals surface area contributed by atoms with E-state index in [1.165, 1.54) is 0 Å². The molecular weight excluding hydrogens is 196 g/mol. The monoisotopic (exact) mass is 218 g/mol. The van der Waals surface area contributed by atoms with Crippen LogP contribution in [-0.2, 0) is 9.53 Å². The second-order valence-electron chi connectivity index (χ2n) is 5.40. The zero-order chi connectivity index (χ0) is 12.3. The van der Waals surface area contributed by atoms with Gasteiger partial charge in [-0.25, -0.2) is 4.79 Å². The molecule has 0 aliphatic heterocycles. The first kappa shape index (κ1) is 14.4. The van der Waals surface area contributed by atoms with E-state index in [1.807, 2.05) is 0 Å². The first-order valence-electron chi connectivity index (χ1n) is 5.14. The third kappa shape index (κ3) is 8.39. The van der Waals surface area contributed by atoms with Crippen LogP contribution in [0.2, 0.25) is 0 Å². The molecule has 90 valence electrons. The molecule has 2 N–H and O–H groups in total. The number of esters is 1. The number of hydrogen-bond donors (Lipinski definition) is 2. The summed E-state index contributed by atoms with van der Waals surface area (Å²) in [4.78, 5) is 11.3. The zero-order valence-electron chi connectivity index (χ0n) is 10.2. The maximum atomic E-state index is 11.3. The molecule has 0 amide bonds. The van der Waals surface area contributed by atoms with Gasteiger partial charge in [-0.3, -0.25) is 0 Å². The van der Waals surface area contributed by atoms with Crippen molar-refractivity contribution in [2.45, 2.75) is 64.8 Å². The molecule has 4 heteroatoms. The Morgan fingerprint density at radius 3 is 2.07 bits per heavy atom. The Morgan fingerprint density at radius 2 is 1.73 bits per heavy atom. The molecule has 0 aromatic heterocycles. The van der Waals surface area contributed by atoms with Gasteiger partial charge in [0.25, 0.3) is 0 Å². The number of carbonyl (C=O) groups is 1. The zero-order valence-corrected chi connectivity index (χ0v) is 10.2. The molecule has 0 aliphatic carbocycles. The average molecular weight is 218 g/mol. The fourth-order valence-corrected chi connectivity index (χ4v) is 0.978. The van der Waals surface area contributed by atoms with E-state index in [0.29, 0.717) is 6.42 Å². The van der Waals surface area contributed by atoms with Crippen molar-refractivity contribution in [2.75, 3.05) is 0 Å². The fraction of sp³-hybridized carbons (Fsp3) is 0.909. The minimum atomic E-state index is -1.16. The lowest BCUT2D eigenvalue weighted by Crippen LogP contribution is -2.33. The van der Waals surface area contributed by atoms with Gasteiger partial charge in [0.05, 0.1) is 5.60 Å². The predicted octanol–water partition coefficient (Wildman–Crippen LogP) is 1.24. The maximum absolute atomic E-state index is 11.3. The summed E-state index contributed by atoms with van der Waals surface area (Å²) in [5.74, 6) is -0.633. The van der Waals surface area contributed by atoms with Crippen molar-refractivity contribution < 1.29 is 19.7 Å². The van der Waals surface area contributed by atoms with E-state index in [-0.39, 0.29) is 6.42 Å². The highest BCUT2D eigenvalue weighted by Crippen LogP contribution is 2.15. The lowest BCUT2D eigenvalue weighted by molar-refractivity contribution is -0.165. The molecule has 0 radical (unpaired) electrons. The van der Waals surface area contributed by atoms with E-state index in [4.69, 9.17) is 4.74 Å². The van der Waals surface area contributed by atoms with Crippen molar-refractivity contribution in [3.8, 4) is 0 Å². The van der Waals surface area contributed by atoms with Gasteiger partial charge in [0.15, 0.2) is 6.10 Å². The van der Waals surface area contributed by atoms with E-state index in [0.717, 1.165) is 0 Å². The van der Waals surface area contributed by atoms with Crippen molar-refractivity contribution in [1.29, 1.82) is 0 Å². The van der Waals surface area contributed by atoms with Crippen LogP contribution in [0.5, 0.6) is 0 Å². The van der Waals surface area contributed by atoms with Gasteiger partial charge in [-0.2, -0.15) is 0 Å². The summed E-state index contributed by atoms with van der Waals surface area (Å²) >= 11 is 0. The number of hydrogen-bond acceptors (Lipinski definition) is 4. The largest absolute Gasteiger partial charge is 0.458 e. The number of aliphatic hydroxyl groups is 2. The molecule has 0 bridgehead atoms. The van der Waals surface area contributed by atoms with Crippen LogP contribution in [-0.4, -0.2) is 33.5 Å². The molecule has 0 spiro atoms. The van der Waals surface area contributed by atoms with Gasteiger partial charge >= 0.3 is 5.97 Å². The Bertz CT molecular complexity index is 210. The van der Waals surface area contributed by atoms with Crippen LogP contribution in [0, 0.1) is 0 Å². The van der Waals surface area contributed by atoms with Crippen molar-refractivity contribution >= 4 is 5.97 Å². The number of aliphatic hydroxyl groups excluding tert-OH is 1. The standard InChI is InChI=1S/C11H22O4/c1-10(2,3)15-9(13)8(12)6-7-11(4,5)14/h8,12,14H,6-7H2,1-5H3/t8-/m0/s1. The van der Waals surface area contributed by atoms with Crippen LogP contribution < -0.4 is 0 Å². The summed E-state index contributed by atoms with van der Waals surface area (Å²) in [5, 5.41) is 18.9. The summed E-state index contributed by atoms with van der Waals surface area (Å²) in [6.45, 7) is 8.50. The predicted molar refractivity (Wildman–Crippen MR) is 57.4 cm³/mol. The van der Waals surface area contributed by atoms with E-state index >= 15 is 0 Å². The minimum absolute atomic E-state index is 0.207. The van der Waals surface area contributed by atoms with Crippen LogP contribution in [0.4, 0.5) is 0 Å². The molecule has 0 heterocycles. The van der Waals surface area contributed by atoms with E-state index < -0.39 is 23.3 Å². The molecule has 0 fully saturated rings. The minimum Gasteiger partial charge on any atom is -0.458 e. The van der Waals surface area contributed by atoms with Crippen LogP contribution in [0.15, 0.2) is 0 Å². The number of rotatable bonds is 4. The highest BCUT2D eigenvalue weighted by Gasteiger charge is 2.25.